The fourth-order valence-corrected chi connectivity index (χ4v) is 5.48. The largest absolute Gasteiger partial charge is 0.354 e. The number of sulfonamides is 1. The van der Waals surface area contributed by atoms with Gasteiger partial charge in [0.05, 0.1) is 11.9 Å². The third-order valence-corrected chi connectivity index (χ3v) is 8.04. The molecule has 2 amide bonds. The quantitative estimate of drug-likeness (QED) is 0.343. The van der Waals surface area contributed by atoms with Gasteiger partial charge >= 0.3 is 0 Å². The average Bonchev–Trinajstić information content (AvgIpc) is 2.89. The van der Waals surface area contributed by atoms with E-state index in [2.05, 4.69) is 5.32 Å². The van der Waals surface area contributed by atoms with Gasteiger partial charge in [-0.2, -0.15) is 0 Å². The van der Waals surface area contributed by atoms with E-state index in [-0.39, 0.29) is 18.4 Å². The third-order valence-electron chi connectivity index (χ3n) is 6.91. The average molecular weight is 564 g/mol. The minimum absolute atomic E-state index is 0.164. The number of nitrogens with zero attached hydrogens (tertiary/aromatic N) is 2. The molecular weight excluding hydrogens is 522 g/mol. The van der Waals surface area contributed by atoms with Crippen molar-refractivity contribution in [2.24, 2.45) is 5.92 Å². The van der Waals surface area contributed by atoms with Crippen molar-refractivity contribution in [1.29, 1.82) is 0 Å². The Balaban J connectivity index is 2.07. The van der Waals surface area contributed by atoms with Crippen LogP contribution in [0.1, 0.15) is 41.7 Å². The number of carbonyl (C=O) groups is 2. The molecule has 40 heavy (non-hydrogen) atoms. The first-order valence-corrected chi connectivity index (χ1v) is 15.4. The number of carbonyl (C=O) groups excluding carboxylic acids is 2. The third kappa shape index (κ3) is 8.42. The summed E-state index contributed by atoms with van der Waals surface area (Å²) in [6.45, 7) is 9.95. The lowest BCUT2D eigenvalue weighted by Crippen LogP contribution is -2.53. The smallest absolute Gasteiger partial charge is 0.244 e. The molecule has 3 aromatic carbocycles. The van der Waals surface area contributed by atoms with Gasteiger partial charge in [0, 0.05) is 19.5 Å². The highest BCUT2D eigenvalue weighted by Crippen LogP contribution is 2.26. The van der Waals surface area contributed by atoms with E-state index in [0.29, 0.717) is 18.7 Å². The summed E-state index contributed by atoms with van der Waals surface area (Å²) >= 11 is 0. The van der Waals surface area contributed by atoms with Crippen molar-refractivity contribution in [2.45, 2.75) is 53.6 Å². The summed E-state index contributed by atoms with van der Waals surface area (Å²) < 4.78 is 27.2. The molecule has 0 saturated heterocycles. The van der Waals surface area contributed by atoms with Crippen molar-refractivity contribution in [3.8, 4) is 0 Å². The molecule has 0 radical (unpaired) electrons. The molecule has 0 bridgehead atoms. The number of aryl methyl sites for hydroxylation is 2. The summed E-state index contributed by atoms with van der Waals surface area (Å²) in [5.41, 5.74) is 4.95. The lowest BCUT2D eigenvalue weighted by molar-refractivity contribution is -0.140. The van der Waals surface area contributed by atoms with E-state index in [0.717, 1.165) is 38.4 Å². The summed E-state index contributed by atoms with van der Waals surface area (Å²) in [4.78, 5) is 29.4. The fraction of sp³-hybridized carbons (Fsp3) is 0.375. The number of amides is 2. The predicted octanol–water partition coefficient (Wildman–Crippen LogP) is 4.79. The molecule has 7 nitrogen and oxygen atoms in total. The minimum atomic E-state index is -3.81. The van der Waals surface area contributed by atoms with Crippen LogP contribution in [-0.2, 0) is 32.6 Å². The van der Waals surface area contributed by atoms with Gasteiger partial charge in [0.2, 0.25) is 21.8 Å². The van der Waals surface area contributed by atoms with Crippen molar-refractivity contribution in [3.63, 3.8) is 0 Å². The van der Waals surface area contributed by atoms with Crippen molar-refractivity contribution in [3.05, 3.63) is 101 Å². The van der Waals surface area contributed by atoms with Gasteiger partial charge in [-0.15, -0.1) is 0 Å². The number of hydrogen-bond acceptors (Lipinski definition) is 4. The highest BCUT2D eigenvalue weighted by Gasteiger charge is 2.33. The SMILES string of the molecule is Cc1cccc(CN(C(=O)CN(c2cccc(C)c2C)S(C)(=O)=O)[C@@H](Cc2ccccc2)C(=O)NCC(C)C)c1. The van der Waals surface area contributed by atoms with E-state index in [1.807, 2.05) is 95.3 Å². The molecule has 0 unspecified atom stereocenters. The van der Waals surface area contributed by atoms with Gasteiger partial charge in [0.15, 0.2) is 0 Å². The van der Waals surface area contributed by atoms with E-state index >= 15 is 0 Å². The number of anilines is 1. The Morgan fingerprint density at radius 2 is 1.52 bits per heavy atom. The molecule has 0 aromatic heterocycles. The van der Waals surface area contributed by atoms with Gasteiger partial charge in [-0.05, 0) is 55.0 Å². The molecule has 0 heterocycles. The Labute approximate surface area is 239 Å². The van der Waals surface area contributed by atoms with Crippen LogP contribution >= 0.6 is 0 Å². The highest BCUT2D eigenvalue weighted by molar-refractivity contribution is 7.92. The normalized spacial score (nSPS) is 12.2. The summed E-state index contributed by atoms with van der Waals surface area (Å²) in [5.74, 6) is -0.489. The number of nitrogens with one attached hydrogen (secondary N) is 1. The van der Waals surface area contributed by atoms with Crippen LogP contribution in [0, 0.1) is 26.7 Å². The Morgan fingerprint density at radius 1 is 0.875 bits per heavy atom. The molecule has 1 N–H and O–H groups in total. The molecule has 3 aromatic rings. The zero-order chi connectivity index (χ0) is 29.4. The molecule has 3 rings (SSSR count). The van der Waals surface area contributed by atoms with Crippen molar-refractivity contribution in [1.82, 2.24) is 10.2 Å². The first kappa shape index (κ1) is 30.9. The van der Waals surface area contributed by atoms with Crippen LogP contribution in [0.5, 0.6) is 0 Å². The van der Waals surface area contributed by atoms with E-state index in [9.17, 15) is 18.0 Å². The van der Waals surface area contributed by atoms with Crippen LogP contribution in [-0.4, -0.2) is 50.5 Å². The Kier molecular flexibility index (Phi) is 10.5. The van der Waals surface area contributed by atoms with Gasteiger partial charge in [-0.25, -0.2) is 8.42 Å². The lowest BCUT2D eigenvalue weighted by atomic mass is 10.0. The summed E-state index contributed by atoms with van der Waals surface area (Å²) in [6, 6.07) is 21.9. The molecule has 0 aliphatic heterocycles. The molecule has 8 heteroatoms. The second-order valence-electron chi connectivity index (χ2n) is 10.8. The number of hydrogen-bond donors (Lipinski definition) is 1. The van der Waals surface area contributed by atoms with Crippen molar-refractivity contribution >= 4 is 27.5 Å². The van der Waals surface area contributed by atoms with Gasteiger partial charge < -0.3 is 10.2 Å². The van der Waals surface area contributed by atoms with E-state index < -0.39 is 28.5 Å². The minimum Gasteiger partial charge on any atom is -0.354 e. The van der Waals surface area contributed by atoms with Crippen molar-refractivity contribution in [2.75, 3.05) is 23.7 Å². The fourth-order valence-electron chi connectivity index (χ4n) is 4.58. The van der Waals surface area contributed by atoms with Gasteiger partial charge in [0.1, 0.15) is 12.6 Å². The molecule has 0 spiro atoms. The molecule has 0 fully saturated rings. The van der Waals surface area contributed by atoms with E-state index in [1.54, 1.807) is 12.1 Å². The lowest BCUT2D eigenvalue weighted by Gasteiger charge is -2.34. The maximum absolute atomic E-state index is 14.2. The van der Waals surface area contributed by atoms with Gasteiger partial charge in [-0.3, -0.25) is 13.9 Å². The molecule has 0 aliphatic rings. The van der Waals surface area contributed by atoms with Crippen LogP contribution in [0.3, 0.4) is 0 Å². The first-order valence-electron chi connectivity index (χ1n) is 13.6. The molecule has 1 atom stereocenters. The number of rotatable bonds is 12. The maximum atomic E-state index is 14.2. The Hall–Kier alpha value is -3.65. The number of benzene rings is 3. The topological polar surface area (TPSA) is 86.8 Å². The summed E-state index contributed by atoms with van der Waals surface area (Å²) in [5, 5.41) is 3.00. The second-order valence-corrected chi connectivity index (χ2v) is 12.8. The standard InChI is InChI=1S/C32H41N3O4S/c1-23(2)20-33-32(37)30(19-27-14-8-7-9-15-27)34(21-28-16-10-12-24(3)18-28)31(36)22-35(40(6,38)39)29-17-11-13-25(4)26(29)5/h7-18,23,30H,19-22H2,1-6H3,(H,33,37)/t30-/m0/s1. The van der Waals surface area contributed by atoms with Gasteiger partial charge in [0.25, 0.3) is 0 Å². The van der Waals surface area contributed by atoms with Crippen molar-refractivity contribution < 1.29 is 18.0 Å². The zero-order valence-electron chi connectivity index (χ0n) is 24.3. The monoisotopic (exact) mass is 563 g/mol. The Morgan fingerprint density at radius 3 is 2.15 bits per heavy atom. The molecule has 214 valence electrons. The van der Waals surface area contributed by atoms with Crippen LogP contribution in [0.15, 0.2) is 72.8 Å². The molecule has 0 aliphatic carbocycles. The van der Waals surface area contributed by atoms with E-state index in [4.69, 9.17) is 0 Å². The Bertz CT molecular complexity index is 1420. The van der Waals surface area contributed by atoms with Gasteiger partial charge in [-0.1, -0.05) is 86.1 Å². The zero-order valence-corrected chi connectivity index (χ0v) is 25.2. The predicted molar refractivity (Wildman–Crippen MR) is 162 cm³/mol. The van der Waals surface area contributed by atoms with Crippen LogP contribution in [0.25, 0.3) is 0 Å². The van der Waals surface area contributed by atoms with Crippen LogP contribution in [0.4, 0.5) is 5.69 Å². The van der Waals surface area contributed by atoms with Crippen LogP contribution < -0.4 is 9.62 Å². The second kappa shape index (κ2) is 13.6. The first-order chi connectivity index (χ1) is 18.9. The van der Waals surface area contributed by atoms with E-state index in [1.165, 1.54) is 4.90 Å². The molecular formula is C32H41N3O4S. The maximum Gasteiger partial charge on any atom is 0.244 e. The summed E-state index contributed by atoms with van der Waals surface area (Å²) in [7, 11) is -3.81. The highest BCUT2D eigenvalue weighted by atomic mass is 32.2. The summed E-state index contributed by atoms with van der Waals surface area (Å²) in [6.07, 6.45) is 1.40. The molecule has 0 saturated carbocycles. The van der Waals surface area contributed by atoms with Crippen LogP contribution in [0.2, 0.25) is 0 Å².